The summed E-state index contributed by atoms with van der Waals surface area (Å²) in [6.45, 7) is 7.03. The summed E-state index contributed by atoms with van der Waals surface area (Å²) in [5, 5.41) is 3.27. The molecule has 0 aromatic heterocycles. The van der Waals surface area contributed by atoms with Crippen molar-refractivity contribution in [2.75, 3.05) is 20.1 Å². The van der Waals surface area contributed by atoms with Crippen LogP contribution in [0.1, 0.15) is 52.4 Å². The molecule has 0 spiro atoms. The van der Waals surface area contributed by atoms with Crippen molar-refractivity contribution < 1.29 is 0 Å². The Kier molecular flexibility index (Phi) is 6.26. The van der Waals surface area contributed by atoms with Gasteiger partial charge in [0, 0.05) is 25.2 Å². The van der Waals surface area contributed by atoms with Gasteiger partial charge in [-0.2, -0.15) is 0 Å². The molecule has 0 amide bonds. The van der Waals surface area contributed by atoms with E-state index in [-0.39, 0.29) is 0 Å². The first-order valence-corrected chi connectivity index (χ1v) is 6.70. The van der Waals surface area contributed by atoms with Crippen molar-refractivity contribution in [1.29, 1.82) is 0 Å². The van der Waals surface area contributed by atoms with Gasteiger partial charge in [0.15, 0.2) is 0 Å². The maximum atomic E-state index is 3.27. The summed E-state index contributed by atoms with van der Waals surface area (Å²) < 4.78 is 0. The summed E-state index contributed by atoms with van der Waals surface area (Å²) in [4.78, 5) is 2.73. The normalized spacial score (nSPS) is 20.8. The van der Waals surface area contributed by atoms with Crippen molar-refractivity contribution in [2.24, 2.45) is 0 Å². The number of hydrogen-bond acceptors (Lipinski definition) is 2. The predicted molar refractivity (Wildman–Crippen MR) is 67.3 cm³/mol. The molecule has 2 nitrogen and oxygen atoms in total. The van der Waals surface area contributed by atoms with Gasteiger partial charge < -0.3 is 5.32 Å². The second-order valence-corrected chi connectivity index (χ2v) is 4.89. The third-order valence-electron chi connectivity index (χ3n) is 3.82. The summed E-state index contributed by atoms with van der Waals surface area (Å²) in [5.74, 6) is 0. The molecule has 90 valence electrons. The molecular formula is C13H28N2. The van der Waals surface area contributed by atoms with Gasteiger partial charge in [0.2, 0.25) is 0 Å². The zero-order valence-corrected chi connectivity index (χ0v) is 10.8. The Morgan fingerprint density at radius 3 is 2.47 bits per heavy atom. The van der Waals surface area contributed by atoms with Gasteiger partial charge >= 0.3 is 0 Å². The van der Waals surface area contributed by atoms with Crippen LogP contribution in [0.2, 0.25) is 0 Å². The quantitative estimate of drug-likeness (QED) is 0.728. The third-order valence-corrected chi connectivity index (χ3v) is 3.82. The smallest absolute Gasteiger partial charge is 0.0112 e. The fourth-order valence-electron chi connectivity index (χ4n) is 2.65. The van der Waals surface area contributed by atoms with E-state index in [2.05, 4.69) is 31.1 Å². The second-order valence-electron chi connectivity index (χ2n) is 4.89. The monoisotopic (exact) mass is 212 g/mol. The van der Waals surface area contributed by atoms with Gasteiger partial charge in [0.05, 0.1) is 0 Å². The van der Waals surface area contributed by atoms with Crippen molar-refractivity contribution in [3.8, 4) is 0 Å². The Morgan fingerprint density at radius 2 is 1.93 bits per heavy atom. The van der Waals surface area contributed by atoms with Crippen LogP contribution in [0.3, 0.4) is 0 Å². The summed E-state index contributed by atoms with van der Waals surface area (Å²) in [6.07, 6.45) is 8.47. The Labute approximate surface area is 95.4 Å². The summed E-state index contributed by atoms with van der Waals surface area (Å²) in [5.41, 5.74) is 0. The topological polar surface area (TPSA) is 15.3 Å². The summed E-state index contributed by atoms with van der Waals surface area (Å²) >= 11 is 0. The third kappa shape index (κ3) is 4.12. The van der Waals surface area contributed by atoms with Crippen LogP contribution in [0.5, 0.6) is 0 Å². The molecule has 1 aliphatic carbocycles. The molecule has 1 unspecified atom stereocenters. The first-order chi connectivity index (χ1) is 7.29. The van der Waals surface area contributed by atoms with Crippen LogP contribution in [0.15, 0.2) is 0 Å². The van der Waals surface area contributed by atoms with Gasteiger partial charge in [0.25, 0.3) is 0 Å². The highest BCUT2D eigenvalue weighted by atomic mass is 15.2. The summed E-state index contributed by atoms with van der Waals surface area (Å²) in [7, 11) is 2.05. The van der Waals surface area contributed by atoms with Gasteiger partial charge in [-0.3, -0.25) is 4.90 Å². The Bertz CT molecular complexity index is 153. The van der Waals surface area contributed by atoms with E-state index in [1.54, 1.807) is 0 Å². The van der Waals surface area contributed by atoms with Crippen LogP contribution < -0.4 is 5.32 Å². The molecule has 1 N–H and O–H groups in total. The summed E-state index contributed by atoms with van der Waals surface area (Å²) in [6, 6.07) is 1.61. The molecule has 0 aromatic rings. The van der Waals surface area contributed by atoms with E-state index < -0.39 is 0 Å². The minimum absolute atomic E-state index is 0.751. The van der Waals surface area contributed by atoms with E-state index in [9.17, 15) is 0 Å². The molecule has 1 saturated carbocycles. The average Bonchev–Trinajstić information content (AvgIpc) is 2.30. The fourth-order valence-corrected chi connectivity index (χ4v) is 2.65. The van der Waals surface area contributed by atoms with Gasteiger partial charge in [-0.25, -0.2) is 0 Å². The van der Waals surface area contributed by atoms with Crippen molar-refractivity contribution in [1.82, 2.24) is 10.2 Å². The number of hydrogen-bond donors (Lipinski definition) is 1. The van der Waals surface area contributed by atoms with E-state index in [0.717, 1.165) is 18.6 Å². The standard InChI is InChI=1S/C13H28N2/c1-4-12(2)15(11-10-14-3)13-8-6-5-7-9-13/h12-14H,4-11H2,1-3H3. The number of nitrogens with zero attached hydrogens (tertiary/aromatic N) is 1. The van der Waals surface area contributed by atoms with Crippen molar-refractivity contribution >= 4 is 0 Å². The minimum Gasteiger partial charge on any atom is -0.318 e. The Balaban J connectivity index is 2.45. The van der Waals surface area contributed by atoms with E-state index >= 15 is 0 Å². The molecule has 0 heterocycles. The minimum atomic E-state index is 0.751. The van der Waals surface area contributed by atoms with E-state index in [1.165, 1.54) is 45.1 Å². The Hall–Kier alpha value is -0.0800. The molecule has 0 bridgehead atoms. The largest absolute Gasteiger partial charge is 0.318 e. The maximum absolute atomic E-state index is 3.27. The van der Waals surface area contributed by atoms with Crippen LogP contribution in [0.25, 0.3) is 0 Å². The highest BCUT2D eigenvalue weighted by Crippen LogP contribution is 2.24. The van der Waals surface area contributed by atoms with Crippen LogP contribution >= 0.6 is 0 Å². The first kappa shape index (κ1) is 13.0. The van der Waals surface area contributed by atoms with E-state index in [4.69, 9.17) is 0 Å². The fraction of sp³-hybridized carbons (Fsp3) is 1.00. The van der Waals surface area contributed by atoms with Gasteiger partial charge in [-0.15, -0.1) is 0 Å². The van der Waals surface area contributed by atoms with Crippen molar-refractivity contribution in [3.63, 3.8) is 0 Å². The molecule has 1 fully saturated rings. The van der Waals surface area contributed by atoms with Crippen molar-refractivity contribution in [2.45, 2.75) is 64.5 Å². The lowest BCUT2D eigenvalue weighted by Gasteiger charge is -2.38. The zero-order valence-electron chi connectivity index (χ0n) is 10.8. The molecule has 0 aliphatic heterocycles. The zero-order chi connectivity index (χ0) is 11.1. The molecule has 2 heteroatoms. The first-order valence-electron chi connectivity index (χ1n) is 6.70. The molecular weight excluding hydrogens is 184 g/mol. The van der Waals surface area contributed by atoms with Crippen LogP contribution in [0.4, 0.5) is 0 Å². The average molecular weight is 212 g/mol. The molecule has 1 aliphatic rings. The van der Waals surface area contributed by atoms with Gasteiger partial charge in [0.1, 0.15) is 0 Å². The lowest BCUT2D eigenvalue weighted by Crippen LogP contribution is -2.45. The molecule has 0 saturated heterocycles. The lowest BCUT2D eigenvalue weighted by atomic mass is 9.93. The van der Waals surface area contributed by atoms with Crippen molar-refractivity contribution in [3.05, 3.63) is 0 Å². The highest BCUT2D eigenvalue weighted by Gasteiger charge is 2.23. The van der Waals surface area contributed by atoms with E-state index in [1.807, 2.05) is 0 Å². The highest BCUT2D eigenvalue weighted by molar-refractivity contribution is 4.79. The van der Waals surface area contributed by atoms with Crippen LogP contribution in [-0.4, -0.2) is 37.1 Å². The van der Waals surface area contributed by atoms with E-state index in [0.29, 0.717) is 0 Å². The van der Waals surface area contributed by atoms with Crippen LogP contribution in [0, 0.1) is 0 Å². The second kappa shape index (κ2) is 7.24. The SMILES string of the molecule is CCC(C)N(CCNC)C1CCCCC1. The lowest BCUT2D eigenvalue weighted by molar-refractivity contribution is 0.111. The Morgan fingerprint density at radius 1 is 1.27 bits per heavy atom. The number of rotatable bonds is 6. The predicted octanol–water partition coefficient (Wildman–Crippen LogP) is 2.64. The van der Waals surface area contributed by atoms with Gasteiger partial charge in [-0.05, 0) is 33.2 Å². The molecule has 1 rings (SSSR count). The maximum Gasteiger partial charge on any atom is 0.0112 e. The number of likely N-dealkylation sites (N-methyl/N-ethyl adjacent to an activating group) is 1. The molecule has 0 radical (unpaired) electrons. The van der Waals surface area contributed by atoms with Crippen LogP contribution in [-0.2, 0) is 0 Å². The number of nitrogens with one attached hydrogen (secondary N) is 1. The van der Waals surface area contributed by atoms with Gasteiger partial charge in [-0.1, -0.05) is 26.2 Å². The molecule has 0 aromatic carbocycles. The molecule has 15 heavy (non-hydrogen) atoms. The molecule has 1 atom stereocenters.